The Hall–Kier alpha value is 0.0138. The average Bonchev–Trinajstić information content (AvgIpc) is 2.26. The van der Waals surface area contributed by atoms with E-state index in [-0.39, 0.29) is 6.10 Å². The largest absolute Gasteiger partial charge is 0.419 e. The molecule has 0 radical (unpaired) electrons. The van der Waals surface area contributed by atoms with Crippen molar-refractivity contribution in [1.82, 2.24) is 4.90 Å². The molecule has 1 heterocycles. The van der Waals surface area contributed by atoms with E-state index in [4.69, 9.17) is 13.6 Å². The third-order valence-corrected chi connectivity index (χ3v) is 7.74. The molecule has 0 amide bonds. The second kappa shape index (κ2) is 7.15. The number of hydrogen-bond donors (Lipinski definition) is 0. The minimum Gasteiger partial charge on any atom is -0.419 e. The van der Waals surface area contributed by atoms with Gasteiger partial charge in [0.2, 0.25) is 8.32 Å². The summed E-state index contributed by atoms with van der Waals surface area (Å²) < 4.78 is 17.4. The summed E-state index contributed by atoms with van der Waals surface area (Å²) in [5.74, 6) is 0. The van der Waals surface area contributed by atoms with Crippen LogP contribution < -0.4 is 0 Å². The molecule has 0 aromatic heterocycles. The normalized spacial score (nSPS) is 24.4. The van der Waals surface area contributed by atoms with Crippen molar-refractivity contribution in [2.24, 2.45) is 0 Å². The van der Waals surface area contributed by atoms with Gasteiger partial charge in [-0.2, -0.15) is 0 Å². The van der Waals surface area contributed by atoms with Crippen LogP contribution in [0.3, 0.4) is 0 Å². The van der Waals surface area contributed by atoms with Crippen LogP contribution in [0, 0.1) is 0 Å². The van der Waals surface area contributed by atoms with E-state index in [1.807, 2.05) is 7.11 Å². The highest BCUT2D eigenvalue weighted by molar-refractivity contribution is 6.73. The van der Waals surface area contributed by atoms with Gasteiger partial charge in [0.25, 0.3) is 0 Å². The summed E-state index contributed by atoms with van der Waals surface area (Å²) in [4.78, 5) is 2.52. The molecule has 0 saturated carbocycles. The third-order valence-electron chi connectivity index (χ3n) is 3.25. The second-order valence-corrected chi connectivity index (χ2v) is 14.8. The summed E-state index contributed by atoms with van der Waals surface area (Å²) in [5.41, 5.74) is 0. The Labute approximate surface area is 120 Å². The molecule has 0 aliphatic carbocycles. The van der Waals surface area contributed by atoms with E-state index in [0.717, 1.165) is 18.9 Å². The molecule has 1 rings (SSSR count). The SMILES string of the molecule is C=CCOCC1CN(C[Si](C)(C)OC)C[Si](C)(C)O1. The van der Waals surface area contributed by atoms with Crippen LogP contribution in [-0.2, 0) is 13.6 Å². The lowest BCUT2D eigenvalue weighted by Crippen LogP contribution is -2.60. The Bertz CT molecular complexity index is 298. The fraction of sp³-hybridized carbons (Fsp3) is 0.846. The highest BCUT2D eigenvalue weighted by Gasteiger charge is 2.38. The molecular formula is C13H29NO3Si2. The lowest BCUT2D eigenvalue weighted by molar-refractivity contribution is 0.0223. The molecule has 0 spiro atoms. The monoisotopic (exact) mass is 303 g/mol. The van der Waals surface area contributed by atoms with Gasteiger partial charge in [-0.25, -0.2) is 0 Å². The van der Waals surface area contributed by atoms with Gasteiger partial charge in [-0.05, 0) is 26.2 Å². The maximum atomic E-state index is 6.21. The van der Waals surface area contributed by atoms with Gasteiger partial charge < -0.3 is 18.5 Å². The van der Waals surface area contributed by atoms with E-state index in [1.165, 1.54) is 0 Å². The lowest BCUT2D eigenvalue weighted by atomic mass is 10.3. The van der Waals surface area contributed by atoms with Crippen LogP contribution in [0.4, 0.5) is 0 Å². The van der Waals surface area contributed by atoms with Gasteiger partial charge in [0.1, 0.15) is 0 Å². The molecule has 112 valence electrons. The van der Waals surface area contributed by atoms with Crippen molar-refractivity contribution in [3.8, 4) is 0 Å². The Morgan fingerprint density at radius 3 is 2.74 bits per heavy atom. The number of rotatable bonds is 7. The first kappa shape index (κ1) is 17.1. The summed E-state index contributed by atoms with van der Waals surface area (Å²) in [7, 11) is -1.33. The molecule has 1 aliphatic rings. The van der Waals surface area contributed by atoms with Crippen molar-refractivity contribution in [2.75, 3.05) is 39.2 Å². The minimum atomic E-state index is -1.60. The molecule has 0 aromatic carbocycles. The summed E-state index contributed by atoms with van der Waals surface area (Å²) in [6.45, 7) is 15.0. The van der Waals surface area contributed by atoms with E-state index in [9.17, 15) is 0 Å². The van der Waals surface area contributed by atoms with Gasteiger partial charge in [-0.1, -0.05) is 6.08 Å². The summed E-state index contributed by atoms with van der Waals surface area (Å²) >= 11 is 0. The molecule has 1 fully saturated rings. The maximum Gasteiger partial charge on any atom is 0.201 e. The fourth-order valence-corrected chi connectivity index (χ4v) is 6.62. The molecule has 1 atom stereocenters. The van der Waals surface area contributed by atoms with Gasteiger partial charge in [0.15, 0.2) is 8.32 Å². The van der Waals surface area contributed by atoms with Crippen LogP contribution in [0.5, 0.6) is 0 Å². The van der Waals surface area contributed by atoms with E-state index in [2.05, 4.69) is 37.7 Å². The molecular weight excluding hydrogens is 274 g/mol. The zero-order chi connectivity index (χ0) is 14.5. The Morgan fingerprint density at radius 2 is 2.16 bits per heavy atom. The number of ether oxygens (including phenoxy) is 1. The van der Waals surface area contributed by atoms with Crippen LogP contribution in [-0.4, -0.2) is 66.8 Å². The van der Waals surface area contributed by atoms with Crippen molar-refractivity contribution in [3.63, 3.8) is 0 Å². The van der Waals surface area contributed by atoms with Crippen LogP contribution in [0.25, 0.3) is 0 Å². The Balaban J connectivity index is 2.55. The highest BCUT2D eigenvalue weighted by atomic mass is 28.4. The molecule has 1 aliphatic heterocycles. The first-order valence-electron chi connectivity index (χ1n) is 6.92. The topological polar surface area (TPSA) is 30.9 Å². The highest BCUT2D eigenvalue weighted by Crippen LogP contribution is 2.20. The second-order valence-electron chi connectivity index (χ2n) is 6.46. The molecule has 1 saturated heterocycles. The first-order chi connectivity index (χ1) is 8.78. The van der Waals surface area contributed by atoms with Crippen molar-refractivity contribution >= 4 is 16.6 Å². The predicted molar refractivity (Wildman–Crippen MR) is 84.3 cm³/mol. The fourth-order valence-electron chi connectivity index (χ4n) is 2.51. The predicted octanol–water partition coefficient (Wildman–Crippen LogP) is 2.02. The Kier molecular flexibility index (Phi) is 6.42. The van der Waals surface area contributed by atoms with E-state index >= 15 is 0 Å². The van der Waals surface area contributed by atoms with Crippen molar-refractivity contribution in [2.45, 2.75) is 32.3 Å². The van der Waals surface area contributed by atoms with Gasteiger partial charge in [0, 0.05) is 26.0 Å². The summed E-state index contributed by atoms with van der Waals surface area (Å²) in [5, 5.41) is 0. The average molecular weight is 304 g/mol. The molecule has 0 N–H and O–H groups in total. The van der Waals surface area contributed by atoms with Gasteiger partial charge in [-0.3, -0.25) is 0 Å². The summed E-state index contributed by atoms with van der Waals surface area (Å²) in [6.07, 6.45) is 4.13. The summed E-state index contributed by atoms with van der Waals surface area (Å²) in [6, 6.07) is 0. The zero-order valence-corrected chi connectivity index (χ0v) is 15.1. The van der Waals surface area contributed by atoms with Crippen molar-refractivity contribution in [1.29, 1.82) is 0 Å². The van der Waals surface area contributed by atoms with Crippen LogP contribution >= 0.6 is 0 Å². The molecule has 0 bridgehead atoms. The molecule has 19 heavy (non-hydrogen) atoms. The van der Waals surface area contributed by atoms with Crippen molar-refractivity contribution in [3.05, 3.63) is 12.7 Å². The molecule has 0 aromatic rings. The van der Waals surface area contributed by atoms with Crippen molar-refractivity contribution < 1.29 is 13.6 Å². The number of hydrogen-bond acceptors (Lipinski definition) is 4. The first-order valence-corrected chi connectivity index (χ1v) is 13.1. The minimum absolute atomic E-state index is 0.192. The van der Waals surface area contributed by atoms with Crippen LogP contribution in [0.1, 0.15) is 0 Å². The van der Waals surface area contributed by atoms with E-state index < -0.39 is 16.6 Å². The van der Waals surface area contributed by atoms with Crippen LogP contribution in [0.2, 0.25) is 26.2 Å². The lowest BCUT2D eigenvalue weighted by Gasteiger charge is -2.43. The smallest absolute Gasteiger partial charge is 0.201 e. The Morgan fingerprint density at radius 1 is 1.47 bits per heavy atom. The van der Waals surface area contributed by atoms with E-state index in [0.29, 0.717) is 13.2 Å². The molecule has 1 unspecified atom stereocenters. The van der Waals surface area contributed by atoms with Gasteiger partial charge in [-0.15, -0.1) is 6.58 Å². The molecule has 4 nitrogen and oxygen atoms in total. The molecule has 6 heteroatoms. The van der Waals surface area contributed by atoms with Crippen LogP contribution in [0.15, 0.2) is 12.7 Å². The maximum absolute atomic E-state index is 6.21. The van der Waals surface area contributed by atoms with Gasteiger partial charge in [0.05, 0.1) is 19.3 Å². The number of nitrogens with zero attached hydrogens (tertiary/aromatic N) is 1. The third kappa shape index (κ3) is 6.33. The van der Waals surface area contributed by atoms with E-state index in [1.54, 1.807) is 6.08 Å². The quantitative estimate of drug-likeness (QED) is 0.409. The van der Waals surface area contributed by atoms with Gasteiger partial charge >= 0.3 is 0 Å². The zero-order valence-electron chi connectivity index (χ0n) is 13.1. The standard InChI is InChI=1S/C13H29NO3Si2/c1-7-8-16-10-13-9-14(11-18(3,4)15-2)12-19(5,6)17-13/h7,13H,1,8-12H2,2-6H3.